The largest absolute Gasteiger partial charge is 0.510 e. The number of aliphatic carboxylic acids is 1. The molecule has 0 amide bonds. The lowest BCUT2D eigenvalue weighted by molar-refractivity contribution is -0.168. The van der Waals surface area contributed by atoms with Crippen LogP contribution in [0.5, 0.6) is 11.5 Å². The second-order valence-corrected chi connectivity index (χ2v) is 12.2. The predicted octanol–water partition coefficient (Wildman–Crippen LogP) is 6.28. The van der Waals surface area contributed by atoms with Crippen molar-refractivity contribution in [3.05, 3.63) is 23.8 Å². The van der Waals surface area contributed by atoms with E-state index in [4.69, 9.17) is 18.9 Å². The Bertz CT molecular complexity index is 1080. The third-order valence-electron chi connectivity index (χ3n) is 7.66. The molecule has 41 heavy (non-hydrogen) atoms. The van der Waals surface area contributed by atoms with Crippen LogP contribution in [0, 0.1) is 16.7 Å². The van der Waals surface area contributed by atoms with Gasteiger partial charge in [-0.1, -0.05) is 40.7 Å². The summed E-state index contributed by atoms with van der Waals surface area (Å²) in [6.45, 7) is 19.7. The Balaban J connectivity index is 3.60. The molecule has 0 bridgehead atoms. The van der Waals surface area contributed by atoms with Crippen molar-refractivity contribution in [1.82, 2.24) is 5.32 Å². The van der Waals surface area contributed by atoms with Gasteiger partial charge in [-0.2, -0.15) is 0 Å². The van der Waals surface area contributed by atoms with Gasteiger partial charge in [-0.25, -0.2) is 9.59 Å². The monoisotopic (exact) mass is 579 g/mol. The van der Waals surface area contributed by atoms with Gasteiger partial charge in [0.05, 0.1) is 10.8 Å². The van der Waals surface area contributed by atoms with Gasteiger partial charge in [0.2, 0.25) is 0 Å². The minimum absolute atomic E-state index is 0.0122. The first kappa shape index (κ1) is 35.9. The number of hydrogen-bond acceptors (Lipinski definition) is 9. The summed E-state index contributed by atoms with van der Waals surface area (Å²) < 4.78 is 22.1. The van der Waals surface area contributed by atoms with Crippen LogP contribution in [0.15, 0.2) is 18.2 Å². The molecule has 232 valence electrons. The number of carboxylic acids is 1. The number of benzene rings is 1. The maximum atomic E-state index is 13.0. The zero-order valence-electron chi connectivity index (χ0n) is 26.5. The fourth-order valence-electron chi connectivity index (χ4n) is 3.13. The van der Waals surface area contributed by atoms with E-state index in [1.807, 2.05) is 34.6 Å². The Morgan fingerprint density at radius 1 is 0.854 bits per heavy atom. The topological polar surface area (TPSA) is 137 Å². The average Bonchev–Trinajstić information content (AvgIpc) is 2.89. The summed E-state index contributed by atoms with van der Waals surface area (Å²) in [6, 6.07) is 4.05. The second-order valence-electron chi connectivity index (χ2n) is 12.2. The van der Waals surface area contributed by atoms with Crippen LogP contribution < -0.4 is 14.8 Å². The van der Waals surface area contributed by atoms with E-state index < -0.39 is 46.7 Å². The maximum Gasteiger partial charge on any atom is 0.510 e. The lowest BCUT2D eigenvalue weighted by Gasteiger charge is -2.33. The van der Waals surface area contributed by atoms with Crippen LogP contribution in [0.4, 0.5) is 4.79 Å². The summed E-state index contributed by atoms with van der Waals surface area (Å²) >= 11 is 0. The van der Waals surface area contributed by atoms with E-state index in [1.165, 1.54) is 18.2 Å². The SMILES string of the molecule is CCC(C)N[C@@](Cc1ccc(OC(=O)C(C)(C)CC)c(OC(=O)C(C)(C)CC)c1)(OC(=O)OC(C)C(C)C)C(=O)O. The Labute approximate surface area is 244 Å². The fourth-order valence-corrected chi connectivity index (χ4v) is 3.13. The molecule has 0 fully saturated rings. The van der Waals surface area contributed by atoms with E-state index in [0.717, 1.165) is 0 Å². The highest BCUT2D eigenvalue weighted by molar-refractivity contribution is 5.82. The Hall–Kier alpha value is -3.14. The van der Waals surface area contributed by atoms with Crippen molar-refractivity contribution >= 4 is 24.1 Å². The van der Waals surface area contributed by atoms with Crippen molar-refractivity contribution in [2.45, 2.75) is 120 Å². The lowest BCUT2D eigenvalue weighted by atomic mass is 9.90. The number of esters is 2. The summed E-state index contributed by atoms with van der Waals surface area (Å²) in [6.07, 6.45) is -0.413. The number of hydrogen-bond donors (Lipinski definition) is 2. The summed E-state index contributed by atoms with van der Waals surface area (Å²) in [4.78, 5) is 51.2. The Morgan fingerprint density at radius 2 is 1.37 bits per heavy atom. The van der Waals surface area contributed by atoms with Gasteiger partial charge in [0.15, 0.2) is 11.5 Å². The molecule has 1 rings (SSSR count). The van der Waals surface area contributed by atoms with Crippen LogP contribution in [0.25, 0.3) is 0 Å². The quantitative estimate of drug-likeness (QED) is 0.139. The van der Waals surface area contributed by atoms with Crippen molar-refractivity contribution in [3.8, 4) is 11.5 Å². The van der Waals surface area contributed by atoms with E-state index in [-0.39, 0.29) is 29.9 Å². The zero-order chi connectivity index (χ0) is 31.8. The number of rotatable bonds is 15. The molecule has 3 atom stereocenters. The number of nitrogens with one attached hydrogen (secondary N) is 1. The second kappa shape index (κ2) is 14.7. The third-order valence-corrected chi connectivity index (χ3v) is 7.66. The molecule has 0 heterocycles. The van der Waals surface area contributed by atoms with E-state index in [0.29, 0.717) is 24.8 Å². The molecule has 0 aliphatic carbocycles. The van der Waals surface area contributed by atoms with Crippen LogP contribution in [0.3, 0.4) is 0 Å². The van der Waals surface area contributed by atoms with Gasteiger partial charge >= 0.3 is 24.1 Å². The number of ether oxygens (including phenoxy) is 4. The van der Waals surface area contributed by atoms with Gasteiger partial charge in [-0.15, -0.1) is 0 Å². The van der Waals surface area contributed by atoms with Crippen molar-refractivity contribution in [2.24, 2.45) is 16.7 Å². The standard InChI is InChI=1S/C31H49NO9/c1-12-20(6)32-31(25(33)34,41-28(37)38-21(7)19(4)5)18-22-15-16-23(39-26(35)29(8,9)13-2)24(17-22)40-27(36)30(10,11)14-3/h15-17,19-21,32H,12-14,18H2,1-11H3,(H,33,34)/t20?,21?,31-/m0/s1. The molecule has 2 unspecified atom stereocenters. The molecule has 10 heteroatoms. The van der Waals surface area contributed by atoms with Crippen molar-refractivity contribution in [2.75, 3.05) is 0 Å². The molecule has 2 N–H and O–H groups in total. The van der Waals surface area contributed by atoms with Crippen molar-refractivity contribution in [1.29, 1.82) is 0 Å². The number of carboxylic acid groups (broad SMARTS) is 1. The van der Waals surface area contributed by atoms with Crippen LogP contribution in [0.2, 0.25) is 0 Å². The minimum Gasteiger partial charge on any atom is -0.477 e. The van der Waals surface area contributed by atoms with Crippen LogP contribution in [0.1, 0.15) is 101 Å². The zero-order valence-corrected chi connectivity index (χ0v) is 26.5. The molecule has 0 aromatic heterocycles. The van der Waals surface area contributed by atoms with Gasteiger partial charge in [0.1, 0.15) is 6.10 Å². The highest BCUT2D eigenvalue weighted by atomic mass is 16.7. The molecule has 0 aliphatic heterocycles. The van der Waals surface area contributed by atoms with Gasteiger partial charge in [0.25, 0.3) is 5.72 Å². The van der Waals surface area contributed by atoms with E-state index >= 15 is 0 Å². The van der Waals surface area contributed by atoms with E-state index in [9.17, 15) is 24.3 Å². The molecule has 1 aromatic carbocycles. The average molecular weight is 580 g/mol. The lowest BCUT2D eigenvalue weighted by Crippen LogP contribution is -2.59. The summed E-state index contributed by atoms with van der Waals surface area (Å²) in [5.41, 5.74) is -3.47. The third kappa shape index (κ3) is 10.0. The number of carbonyl (C=O) groups is 4. The maximum absolute atomic E-state index is 13.0. The van der Waals surface area contributed by atoms with E-state index in [2.05, 4.69) is 5.32 Å². The van der Waals surface area contributed by atoms with Gasteiger partial charge in [-0.05, 0) is 84.4 Å². The molecule has 1 aromatic rings. The molecular weight excluding hydrogens is 530 g/mol. The Kier molecular flexibility index (Phi) is 12.8. The van der Waals surface area contributed by atoms with Crippen molar-refractivity contribution in [3.63, 3.8) is 0 Å². The van der Waals surface area contributed by atoms with Gasteiger partial charge < -0.3 is 24.1 Å². The summed E-state index contributed by atoms with van der Waals surface area (Å²) in [7, 11) is 0. The fraction of sp³-hybridized carbons (Fsp3) is 0.677. The summed E-state index contributed by atoms with van der Waals surface area (Å²) in [5, 5.41) is 13.2. The van der Waals surface area contributed by atoms with Crippen LogP contribution >= 0.6 is 0 Å². The minimum atomic E-state index is -2.20. The van der Waals surface area contributed by atoms with Gasteiger partial charge in [0, 0.05) is 12.5 Å². The Morgan fingerprint density at radius 3 is 1.80 bits per heavy atom. The van der Waals surface area contributed by atoms with E-state index in [1.54, 1.807) is 41.5 Å². The van der Waals surface area contributed by atoms with Gasteiger partial charge in [-0.3, -0.25) is 14.9 Å². The first-order valence-electron chi connectivity index (χ1n) is 14.3. The molecule has 0 saturated heterocycles. The highest BCUT2D eigenvalue weighted by Gasteiger charge is 2.45. The predicted molar refractivity (Wildman–Crippen MR) is 155 cm³/mol. The molecule has 0 saturated carbocycles. The summed E-state index contributed by atoms with van der Waals surface area (Å²) in [5.74, 6) is -2.53. The molecule has 0 radical (unpaired) electrons. The molecule has 0 aliphatic rings. The number of carbonyl (C=O) groups excluding carboxylic acids is 3. The molecule has 10 nitrogen and oxygen atoms in total. The normalized spacial score (nSPS) is 14.9. The smallest absolute Gasteiger partial charge is 0.477 e. The first-order valence-corrected chi connectivity index (χ1v) is 14.3. The van der Waals surface area contributed by atoms with Crippen LogP contribution in [-0.2, 0) is 30.3 Å². The highest BCUT2D eigenvalue weighted by Crippen LogP contribution is 2.35. The molecular formula is C31H49NO9. The molecule has 0 spiro atoms. The van der Waals surface area contributed by atoms with Crippen molar-refractivity contribution < 1.29 is 43.2 Å². The van der Waals surface area contributed by atoms with Crippen LogP contribution in [-0.4, -0.2) is 47.0 Å². The first-order chi connectivity index (χ1) is 18.8.